The number of nitrogens with one attached hydrogen (secondary N) is 1. The second-order valence-corrected chi connectivity index (χ2v) is 6.25. The van der Waals surface area contributed by atoms with Crippen LogP contribution in [-0.4, -0.2) is 15.0 Å². The maximum absolute atomic E-state index is 13.7. The van der Waals surface area contributed by atoms with E-state index >= 15 is 0 Å². The van der Waals surface area contributed by atoms with Crippen molar-refractivity contribution in [3.63, 3.8) is 0 Å². The van der Waals surface area contributed by atoms with Crippen molar-refractivity contribution in [2.75, 3.05) is 11.1 Å². The van der Waals surface area contributed by atoms with E-state index in [1.807, 2.05) is 31.2 Å². The maximum atomic E-state index is 13.7. The van der Waals surface area contributed by atoms with Crippen molar-refractivity contribution >= 4 is 29.3 Å². The second-order valence-electron chi connectivity index (χ2n) is 5.24. The van der Waals surface area contributed by atoms with Crippen molar-refractivity contribution in [2.24, 2.45) is 0 Å². The highest BCUT2D eigenvalue weighted by atomic mass is 32.2. The zero-order chi connectivity index (χ0) is 17.8. The van der Waals surface area contributed by atoms with Gasteiger partial charge in [0.15, 0.2) is 0 Å². The van der Waals surface area contributed by atoms with Gasteiger partial charge in [-0.1, -0.05) is 18.2 Å². The van der Waals surface area contributed by atoms with Crippen molar-refractivity contribution in [1.29, 1.82) is 0 Å². The first kappa shape index (κ1) is 17.1. The van der Waals surface area contributed by atoms with Crippen LogP contribution in [0.5, 0.6) is 0 Å². The number of halogens is 2. The number of aryl methyl sites for hydroxylation is 1. The minimum atomic E-state index is -0.620. The quantitative estimate of drug-likeness (QED) is 0.669. The SMILES string of the molecule is Cc1ccccc1Nc1nc(N)nc(CSc2ccc(F)cc2F)n1. The lowest BCUT2D eigenvalue weighted by Crippen LogP contribution is -2.07. The molecule has 3 rings (SSSR count). The minimum absolute atomic E-state index is 0.0706. The summed E-state index contributed by atoms with van der Waals surface area (Å²) in [7, 11) is 0. The Bertz CT molecular complexity index is 904. The van der Waals surface area contributed by atoms with Crippen LogP contribution in [0.3, 0.4) is 0 Å². The number of benzene rings is 2. The fraction of sp³-hybridized carbons (Fsp3) is 0.118. The van der Waals surface area contributed by atoms with Gasteiger partial charge in [-0.2, -0.15) is 15.0 Å². The lowest BCUT2D eigenvalue weighted by Gasteiger charge is -2.09. The van der Waals surface area contributed by atoms with Crippen molar-refractivity contribution in [3.8, 4) is 0 Å². The number of hydrogen-bond donors (Lipinski definition) is 2. The fourth-order valence-electron chi connectivity index (χ4n) is 2.13. The molecular formula is C17H15F2N5S. The summed E-state index contributed by atoms with van der Waals surface area (Å²) in [5.41, 5.74) is 7.63. The Balaban J connectivity index is 1.76. The van der Waals surface area contributed by atoms with E-state index in [4.69, 9.17) is 5.73 Å². The number of nitrogens with zero attached hydrogens (tertiary/aromatic N) is 3. The van der Waals surface area contributed by atoms with Crippen molar-refractivity contribution < 1.29 is 8.78 Å². The van der Waals surface area contributed by atoms with E-state index in [-0.39, 0.29) is 11.7 Å². The Labute approximate surface area is 147 Å². The number of anilines is 3. The van der Waals surface area contributed by atoms with Gasteiger partial charge in [-0.25, -0.2) is 8.78 Å². The van der Waals surface area contributed by atoms with Gasteiger partial charge < -0.3 is 11.1 Å². The van der Waals surface area contributed by atoms with E-state index in [1.54, 1.807) is 0 Å². The van der Waals surface area contributed by atoms with Crippen LogP contribution < -0.4 is 11.1 Å². The Hall–Kier alpha value is -2.74. The molecule has 128 valence electrons. The average Bonchev–Trinajstić information content (AvgIpc) is 2.56. The van der Waals surface area contributed by atoms with Crippen LogP contribution in [0.25, 0.3) is 0 Å². The standard InChI is InChI=1S/C17H15F2N5S/c1-10-4-2-3-5-13(10)21-17-23-15(22-16(20)24-17)9-25-14-7-6-11(18)8-12(14)19/h2-8H,9H2,1H3,(H3,20,21,22,23,24). The van der Waals surface area contributed by atoms with Crippen LogP contribution in [0.4, 0.5) is 26.4 Å². The first-order chi connectivity index (χ1) is 12.0. The smallest absolute Gasteiger partial charge is 0.232 e. The highest BCUT2D eigenvalue weighted by Crippen LogP contribution is 2.26. The van der Waals surface area contributed by atoms with Crippen LogP contribution >= 0.6 is 11.8 Å². The molecule has 0 saturated carbocycles. The van der Waals surface area contributed by atoms with Gasteiger partial charge >= 0.3 is 0 Å². The van der Waals surface area contributed by atoms with Crippen molar-refractivity contribution in [2.45, 2.75) is 17.6 Å². The van der Waals surface area contributed by atoms with E-state index < -0.39 is 11.6 Å². The molecular weight excluding hydrogens is 344 g/mol. The van der Waals surface area contributed by atoms with Gasteiger partial charge in [-0.15, -0.1) is 11.8 Å². The van der Waals surface area contributed by atoms with Crippen LogP contribution in [-0.2, 0) is 5.75 Å². The zero-order valence-corrected chi connectivity index (χ0v) is 14.1. The molecule has 1 aromatic heterocycles. The summed E-state index contributed by atoms with van der Waals surface area (Å²) >= 11 is 1.16. The molecule has 8 heteroatoms. The first-order valence-electron chi connectivity index (χ1n) is 7.42. The van der Waals surface area contributed by atoms with Crippen LogP contribution in [0.2, 0.25) is 0 Å². The molecule has 0 unspecified atom stereocenters. The second kappa shape index (κ2) is 7.43. The summed E-state index contributed by atoms with van der Waals surface area (Å²) in [5.74, 6) is -0.172. The normalized spacial score (nSPS) is 10.7. The summed E-state index contributed by atoms with van der Waals surface area (Å²) in [5, 5.41) is 3.10. The summed E-state index contributed by atoms with van der Waals surface area (Å²) in [6.45, 7) is 1.96. The fourth-order valence-corrected chi connectivity index (χ4v) is 2.90. The van der Waals surface area contributed by atoms with Crippen molar-refractivity contribution in [1.82, 2.24) is 15.0 Å². The summed E-state index contributed by atoms with van der Waals surface area (Å²) < 4.78 is 26.6. The largest absolute Gasteiger partial charge is 0.368 e. The molecule has 0 aliphatic heterocycles. The highest BCUT2D eigenvalue weighted by Gasteiger charge is 2.09. The Morgan fingerprint density at radius 3 is 2.64 bits per heavy atom. The van der Waals surface area contributed by atoms with E-state index in [0.29, 0.717) is 16.7 Å². The van der Waals surface area contributed by atoms with Gasteiger partial charge in [0, 0.05) is 16.6 Å². The molecule has 0 radical (unpaired) electrons. The molecule has 0 aliphatic carbocycles. The molecule has 25 heavy (non-hydrogen) atoms. The third-order valence-electron chi connectivity index (χ3n) is 3.34. The molecule has 0 bridgehead atoms. The van der Waals surface area contributed by atoms with E-state index in [1.165, 1.54) is 12.1 Å². The zero-order valence-electron chi connectivity index (χ0n) is 13.3. The topological polar surface area (TPSA) is 76.7 Å². The number of nitrogens with two attached hydrogens (primary N) is 1. The first-order valence-corrected chi connectivity index (χ1v) is 8.41. The number of thioether (sulfide) groups is 1. The number of rotatable bonds is 5. The van der Waals surface area contributed by atoms with Gasteiger partial charge in [-0.05, 0) is 30.7 Å². The molecule has 5 nitrogen and oxygen atoms in total. The Kier molecular flexibility index (Phi) is 5.08. The van der Waals surface area contributed by atoms with Crippen LogP contribution in [0, 0.1) is 18.6 Å². The Morgan fingerprint density at radius 2 is 1.88 bits per heavy atom. The third kappa shape index (κ3) is 4.42. The molecule has 0 aliphatic rings. The lowest BCUT2D eigenvalue weighted by atomic mass is 10.2. The van der Waals surface area contributed by atoms with Gasteiger partial charge in [-0.3, -0.25) is 0 Å². The van der Waals surface area contributed by atoms with Crippen LogP contribution in [0.15, 0.2) is 47.4 Å². The molecule has 3 aromatic rings. The highest BCUT2D eigenvalue weighted by molar-refractivity contribution is 7.98. The van der Waals surface area contributed by atoms with Crippen LogP contribution in [0.1, 0.15) is 11.4 Å². The molecule has 0 atom stereocenters. The molecule has 3 N–H and O–H groups in total. The van der Waals surface area contributed by atoms with Crippen molar-refractivity contribution in [3.05, 3.63) is 65.5 Å². The molecule has 0 spiro atoms. The molecule has 2 aromatic carbocycles. The summed E-state index contributed by atoms with van der Waals surface area (Å²) in [6.07, 6.45) is 0. The molecule has 0 fully saturated rings. The average molecular weight is 359 g/mol. The monoisotopic (exact) mass is 359 g/mol. The maximum Gasteiger partial charge on any atom is 0.232 e. The van der Waals surface area contributed by atoms with E-state index in [2.05, 4.69) is 20.3 Å². The van der Waals surface area contributed by atoms with E-state index in [9.17, 15) is 8.78 Å². The molecule has 0 amide bonds. The van der Waals surface area contributed by atoms with Gasteiger partial charge in [0.05, 0.1) is 5.75 Å². The number of hydrogen-bond acceptors (Lipinski definition) is 6. The molecule has 0 saturated heterocycles. The number of para-hydroxylation sites is 1. The number of nitrogen functional groups attached to an aromatic ring is 1. The predicted molar refractivity (Wildman–Crippen MR) is 94.6 cm³/mol. The molecule has 1 heterocycles. The van der Waals surface area contributed by atoms with Gasteiger partial charge in [0.25, 0.3) is 0 Å². The van der Waals surface area contributed by atoms with Gasteiger partial charge in [0.2, 0.25) is 11.9 Å². The summed E-state index contributed by atoms with van der Waals surface area (Å²) in [4.78, 5) is 12.7. The third-order valence-corrected chi connectivity index (χ3v) is 4.39. The Morgan fingerprint density at radius 1 is 1.08 bits per heavy atom. The summed E-state index contributed by atoms with van der Waals surface area (Å²) in [6, 6.07) is 11.1. The lowest BCUT2D eigenvalue weighted by molar-refractivity contribution is 0.565. The predicted octanol–water partition coefficient (Wildman–Crippen LogP) is 4.08. The minimum Gasteiger partial charge on any atom is -0.368 e. The van der Waals surface area contributed by atoms with E-state index in [0.717, 1.165) is 29.1 Å². The number of aromatic nitrogens is 3. The van der Waals surface area contributed by atoms with Gasteiger partial charge in [0.1, 0.15) is 17.5 Å².